The molecular weight excluding hydrogens is 310 g/mol. The number of hydrogen-bond donors (Lipinski definition) is 0. The van der Waals surface area contributed by atoms with Crippen molar-refractivity contribution in [1.82, 2.24) is 19.8 Å². The van der Waals surface area contributed by atoms with Gasteiger partial charge in [-0.2, -0.15) is 0 Å². The molecule has 1 fully saturated rings. The Balaban J connectivity index is 1.82. The summed E-state index contributed by atoms with van der Waals surface area (Å²) in [5.41, 5.74) is 0. The molecule has 24 heavy (non-hydrogen) atoms. The summed E-state index contributed by atoms with van der Waals surface area (Å²) in [5.74, 6) is 0.519. The van der Waals surface area contributed by atoms with E-state index >= 15 is 0 Å². The summed E-state index contributed by atoms with van der Waals surface area (Å²) in [7, 11) is 1.83. The van der Waals surface area contributed by atoms with E-state index in [4.69, 9.17) is 4.74 Å². The van der Waals surface area contributed by atoms with Gasteiger partial charge in [0, 0.05) is 45.6 Å². The minimum Gasteiger partial charge on any atom is -0.465 e. The van der Waals surface area contributed by atoms with Crippen LogP contribution < -0.4 is 4.90 Å². The van der Waals surface area contributed by atoms with Crippen molar-refractivity contribution in [3.63, 3.8) is 0 Å². The summed E-state index contributed by atoms with van der Waals surface area (Å²) in [6.07, 6.45) is 5.69. The Hall–Kier alpha value is -2.22. The van der Waals surface area contributed by atoms with Crippen LogP contribution in [0.4, 0.5) is 5.82 Å². The van der Waals surface area contributed by atoms with Crippen molar-refractivity contribution >= 4 is 17.7 Å². The van der Waals surface area contributed by atoms with Gasteiger partial charge in [-0.3, -0.25) is 19.5 Å². The highest BCUT2D eigenvalue weighted by Gasteiger charge is 2.21. The van der Waals surface area contributed by atoms with Crippen LogP contribution >= 0.6 is 0 Å². The van der Waals surface area contributed by atoms with Gasteiger partial charge in [0.25, 0.3) is 0 Å². The summed E-state index contributed by atoms with van der Waals surface area (Å²) in [5, 5.41) is 0. The molecule has 0 spiro atoms. The highest BCUT2D eigenvalue weighted by atomic mass is 16.5. The molecule has 0 atom stereocenters. The van der Waals surface area contributed by atoms with Crippen molar-refractivity contribution in [2.45, 2.75) is 13.3 Å². The molecule has 0 aromatic carbocycles. The number of aromatic nitrogens is 2. The molecule has 2 heterocycles. The molecule has 0 saturated carbocycles. The van der Waals surface area contributed by atoms with Crippen molar-refractivity contribution in [1.29, 1.82) is 0 Å². The van der Waals surface area contributed by atoms with Gasteiger partial charge in [-0.1, -0.05) is 0 Å². The van der Waals surface area contributed by atoms with Crippen LogP contribution in [0.5, 0.6) is 0 Å². The van der Waals surface area contributed by atoms with Gasteiger partial charge in [0.05, 0.1) is 25.9 Å². The zero-order valence-electron chi connectivity index (χ0n) is 14.3. The van der Waals surface area contributed by atoms with Crippen LogP contribution in [0.1, 0.15) is 13.3 Å². The summed E-state index contributed by atoms with van der Waals surface area (Å²) >= 11 is 0. The molecule has 0 N–H and O–H groups in total. The zero-order valence-corrected chi connectivity index (χ0v) is 14.3. The molecule has 1 aliphatic rings. The second kappa shape index (κ2) is 9.17. The van der Waals surface area contributed by atoms with Crippen LogP contribution in [0.3, 0.4) is 0 Å². The number of carbonyl (C=O) groups is 2. The largest absolute Gasteiger partial charge is 0.465 e. The minimum absolute atomic E-state index is 0.0566. The molecule has 1 amide bonds. The number of nitrogens with zero attached hydrogens (tertiary/aromatic N) is 5. The molecule has 1 aliphatic heterocycles. The van der Waals surface area contributed by atoms with Crippen molar-refractivity contribution in [3.8, 4) is 0 Å². The van der Waals surface area contributed by atoms with Crippen LogP contribution in [0.25, 0.3) is 0 Å². The van der Waals surface area contributed by atoms with E-state index in [1.54, 1.807) is 30.4 Å². The monoisotopic (exact) mass is 335 g/mol. The van der Waals surface area contributed by atoms with Gasteiger partial charge in [-0.25, -0.2) is 4.98 Å². The zero-order chi connectivity index (χ0) is 17.4. The Morgan fingerprint density at radius 2 is 2.08 bits per heavy atom. The van der Waals surface area contributed by atoms with E-state index in [1.807, 2.05) is 16.8 Å². The molecule has 2 rings (SSSR count). The van der Waals surface area contributed by atoms with E-state index in [2.05, 4.69) is 9.97 Å². The Bertz CT molecular complexity index is 540. The van der Waals surface area contributed by atoms with Crippen molar-refractivity contribution in [2.75, 3.05) is 57.8 Å². The molecule has 0 unspecified atom stereocenters. The number of esters is 1. The highest BCUT2D eigenvalue weighted by molar-refractivity contribution is 5.81. The fourth-order valence-corrected chi connectivity index (χ4v) is 2.64. The lowest BCUT2D eigenvalue weighted by molar-refractivity contribution is -0.144. The highest BCUT2D eigenvalue weighted by Crippen LogP contribution is 2.08. The van der Waals surface area contributed by atoms with Crippen LogP contribution in [-0.4, -0.2) is 84.6 Å². The second-order valence-corrected chi connectivity index (χ2v) is 5.74. The van der Waals surface area contributed by atoms with Crippen molar-refractivity contribution < 1.29 is 14.3 Å². The predicted octanol–water partition coefficient (Wildman–Crippen LogP) is 0.0102. The van der Waals surface area contributed by atoms with E-state index in [-0.39, 0.29) is 25.0 Å². The number of amides is 1. The molecular formula is C16H25N5O3. The normalized spacial score (nSPS) is 15.7. The van der Waals surface area contributed by atoms with E-state index < -0.39 is 0 Å². The first-order valence-corrected chi connectivity index (χ1v) is 8.23. The van der Waals surface area contributed by atoms with Gasteiger partial charge in [-0.15, -0.1) is 0 Å². The molecule has 1 aromatic rings. The van der Waals surface area contributed by atoms with Gasteiger partial charge in [0.15, 0.2) is 0 Å². The number of anilines is 1. The van der Waals surface area contributed by atoms with E-state index in [0.29, 0.717) is 32.1 Å². The topological polar surface area (TPSA) is 78.9 Å². The van der Waals surface area contributed by atoms with Gasteiger partial charge in [-0.05, 0) is 13.3 Å². The Labute approximate surface area is 142 Å². The number of carbonyl (C=O) groups excluding carboxylic acids is 2. The first-order chi connectivity index (χ1) is 11.6. The van der Waals surface area contributed by atoms with Crippen LogP contribution in [0.2, 0.25) is 0 Å². The Morgan fingerprint density at radius 3 is 2.79 bits per heavy atom. The smallest absolute Gasteiger partial charge is 0.320 e. The maximum Gasteiger partial charge on any atom is 0.320 e. The lowest BCUT2D eigenvalue weighted by Crippen LogP contribution is -2.41. The van der Waals surface area contributed by atoms with Crippen molar-refractivity contribution in [3.05, 3.63) is 18.6 Å². The fraction of sp³-hybridized carbons (Fsp3) is 0.625. The van der Waals surface area contributed by atoms with Crippen molar-refractivity contribution in [2.24, 2.45) is 0 Å². The summed E-state index contributed by atoms with van der Waals surface area (Å²) in [4.78, 5) is 37.9. The average molecular weight is 335 g/mol. The first-order valence-electron chi connectivity index (χ1n) is 8.23. The average Bonchev–Trinajstić information content (AvgIpc) is 2.81. The summed E-state index contributed by atoms with van der Waals surface area (Å²) < 4.78 is 4.98. The fourth-order valence-electron chi connectivity index (χ4n) is 2.64. The minimum atomic E-state index is -0.209. The molecule has 8 nitrogen and oxygen atoms in total. The van der Waals surface area contributed by atoms with Gasteiger partial charge >= 0.3 is 5.97 Å². The van der Waals surface area contributed by atoms with Gasteiger partial charge in [0.1, 0.15) is 5.82 Å². The number of hydrogen-bond acceptors (Lipinski definition) is 7. The Kier molecular flexibility index (Phi) is 6.92. The molecule has 0 bridgehead atoms. The lowest BCUT2D eigenvalue weighted by atomic mass is 10.3. The predicted molar refractivity (Wildman–Crippen MR) is 89.6 cm³/mol. The summed E-state index contributed by atoms with van der Waals surface area (Å²) in [6.45, 7) is 5.54. The molecule has 1 aromatic heterocycles. The number of ether oxygens (including phenoxy) is 1. The van der Waals surface area contributed by atoms with Crippen LogP contribution in [0, 0.1) is 0 Å². The molecule has 132 valence electrons. The van der Waals surface area contributed by atoms with E-state index in [0.717, 1.165) is 13.0 Å². The third-order valence-electron chi connectivity index (χ3n) is 3.91. The van der Waals surface area contributed by atoms with E-state index in [1.165, 1.54) is 0 Å². The third kappa shape index (κ3) is 5.45. The standard InChI is InChI=1S/C16H25N5O3/c1-3-24-16(23)13-20-7-4-8-21(10-9-20)15(22)12-19(2)14-11-17-5-6-18-14/h5-6,11H,3-4,7-10,12-13H2,1-2H3. The van der Waals surface area contributed by atoms with Crippen LogP contribution in [-0.2, 0) is 14.3 Å². The quantitative estimate of drug-likeness (QED) is 0.678. The SMILES string of the molecule is CCOC(=O)CN1CCCN(C(=O)CN(C)c2cnccn2)CC1. The molecule has 1 saturated heterocycles. The molecule has 0 aliphatic carbocycles. The maximum atomic E-state index is 12.5. The number of likely N-dealkylation sites (N-methyl/N-ethyl adjacent to an activating group) is 1. The molecule has 0 radical (unpaired) electrons. The van der Waals surface area contributed by atoms with E-state index in [9.17, 15) is 9.59 Å². The van der Waals surface area contributed by atoms with Gasteiger partial charge in [0.2, 0.25) is 5.91 Å². The second-order valence-electron chi connectivity index (χ2n) is 5.74. The lowest BCUT2D eigenvalue weighted by Gasteiger charge is -2.24. The third-order valence-corrected chi connectivity index (χ3v) is 3.91. The molecule has 8 heteroatoms. The number of rotatable bonds is 6. The first kappa shape index (κ1) is 18.1. The summed E-state index contributed by atoms with van der Waals surface area (Å²) in [6, 6.07) is 0. The van der Waals surface area contributed by atoms with Crippen LogP contribution in [0.15, 0.2) is 18.6 Å². The Morgan fingerprint density at radius 1 is 1.25 bits per heavy atom. The maximum absolute atomic E-state index is 12.5. The van der Waals surface area contributed by atoms with Gasteiger partial charge < -0.3 is 14.5 Å².